The van der Waals surface area contributed by atoms with Crippen LogP contribution in [-0.4, -0.2) is 21.6 Å². The van der Waals surface area contributed by atoms with Gasteiger partial charge in [0.1, 0.15) is 5.82 Å². The molecular formula is C15H14ClFN4. The molecule has 108 valence electrons. The molecule has 3 rings (SSSR count). The molecular weight excluding hydrogens is 291 g/mol. The molecule has 2 heterocycles. The van der Waals surface area contributed by atoms with Crippen molar-refractivity contribution in [2.24, 2.45) is 0 Å². The van der Waals surface area contributed by atoms with Crippen molar-refractivity contribution in [3.8, 4) is 0 Å². The van der Waals surface area contributed by atoms with Gasteiger partial charge in [-0.2, -0.15) is 5.10 Å². The van der Waals surface area contributed by atoms with Gasteiger partial charge in [-0.15, -0.1) is 0 Å². The first-order valence-corrected chi connectivity index (χ1v) is 6.96. The van der Waals surface area contributed by atoms with E-state index in [1.54, 1.807) is 35.4 Å². The highest BCUT2D eigenvalue weighted by molar-refractivity contribution is 6.31. The number of rotatable bonds is 4. The third-order valence-electron chi connectivity index (χ3n) is 3.53. The molecule has 0 saturated carbocycles. The van der Waals surface area contributed by atoms with Gasteiger partial charge in [0.25, 0.3) is 0 Å². The highest BCUT2D eigenvalue weighted by atomic mass is 35.5. The summed E-state index contributed by atoms with van der Waals surface area (Å²) < 4.78 is 15.3. The van der Waals surface area contributed by atoms with Crippen LogP contribution in [0.4, 0.5) is 4.39 Å². The molecule has 0 radical (unpaired) electrons. The first-order chi connectivity index (χ1) is 10.2. The molecule has 2 aromatic heterocycles. The van der Waals surface area contributed by atoms with E-state index in [1.165, 1.54) is 6.07 Å². The molecule has 4 nitrogen and oxygen atoms in total. The van der Waals surface area contributed by atoms with Crippen LogP contribution >= 0.6 is 11.6 Å². The zero-order chi connectivity index (χ0) is 14.8. The van der Waals surface area contributed by atoms with Crippen LogP contribution < -0.4 is 5.32 Å². The number of hydrogen-bond donors (Lipinski definition) is 1. The van der Waals surface area contributed by atoms with Gasteiger partial charge in [-0.3, -0.25) is 4.98 Å². The average molecular weight is 305 g/mol. The smallest absolute Gasteiger partial charge is 0.142 e. The summed E-state index contributed by atoms with van der Waals surface area (Å²) in [6.45, 7) is 0. The van der Waals surface area contributed by atoms with Crippen molar-refractivity contribution >= 4 is 17.1 Å². The van der Waals surface area contributed by atoms with Gasteiger partial charge >= 0.3 is 0 Å². The maximum atomic E-state index is 13.6. The zero-order valence-electron chi connectivity index (χ0n) is 11.4. The number of aromatic nitrogens is 3. The maximum Gasteiger partial charge on any atom is 0.142 e. The summed E-state index contributed by atoms with van der Waals surface area (Å²) in [7, 11) is 1.86. The maximum absolute atomic E-state index is 13.6. The fraction of sp³-hybridized carbons (Fsp3) is 0.200. The van der Waals surface area contributed by atoms with Crippen molar-refractivity contribution in [1.82, 2.24) is 19.9 Å². The van der Waals surface area contributed by atoms with Gasteiger partial charge in [0.2, 0.25) is 0 Å². The second-order valence-corrected chi connectivity index (χ2v) is 5.14. The molecule has 0 aliphatic rings. The molecule has 1 unspecified atom stereocenters. The Morgan fingerprint density at radius 1 is 1.38 bits per heavy atom. The van der Waals surface area contributed by atoms with Crippen molar-refractivity contribution in [3.05, 3.63) is 65.0 Å². The average Bonchev–Trinajstić information content (AvgIpc) is 2.93. The van der Waals surface area contributed by atoms with Crippen LogP contribution in [0.15, 0.2) is 43.0 Å². The molecule has 0 fully saturated rings. The lowest BCUT2D eigenvalue weighted by Crippen LogP contribution is -2.19. The van der Waals surface area contributed by atoms with Crippen LogP contribution in [0.25, 0.3) is 5.52 Å². The molecule has 3 aromatic rings. The Bertz CT molecular complexity index is 771. The van der Waals surface area contributed by atoms with Gasteiger partial charge in [-0.05, 0) is 25.1 Å². The summed E-state index contributed by atoms with van der Waals surface area (Å²) in [5, 5.41) is 7.70. The lowest BCUT2D eigenvalue weighted by molar-refractivity contribution is 0.587. The molecule has 0 bridgehead atoms. The second kappa shape index (κ2) is 5.79. The lowest BCUT2D eigenvalue weighted by Gasteiger charge is -2.16. The van der Waals surface area contributed by atoms with Crippen LogP contribution in [0, 0.1) is 5.82 Å². The van der Waals surface area contributed by atoms with E-state index in [2.05, 4.69) is 15.4 Å². The van der Waals surface area contributed by atoms with Crippen LogP contribution in [0.3, 0.4) is 0 Å². The minimum absolute atomic E-state index is 0.0222. The van der Waals surface area contributed by atoms with Gasteiger partial charge in [-0.25, -0.2) is 8.91 Å². The first kappa shape index (κ1) is 14.0. The van der Waals surface area contributed by atoms with Crippen molar-refractivity contribution in [3.63, 3.8) is 0 Å². The molecule has 0 aliphatic carbocycles. The number of benzene rings is 1. The fourth-order valence-corrected chi connectivity index (χ4v) is 2.62. The fourth-order valence-electron chi connectivity index (χ4n) is 2.41. The summed E-state index contributed by atoms with van der Waals surface area (Å²) in [6.07, 6.45) is 7.61. The van der Waals surface area contributed by atoms with Gasteiger partial charge in [0.15, 0.2) is 0 Å². The highest BCUT2D eigenvalue weighted by Gasteiger charge is 2.17. The van der Waals surface area contributed by atoms with Gasteiger partial charge in [0, 0.05) is 24.0 Å². The number of nitrogens with zero attached hydrogens (tertiary/aromatic N) is 3. The van der Waals surface area contributed by atoms with Crippen molar-refractivity contribution in [2.45, 2.75) is 12.5 Å². The van der Waals surface area contributed by atoms with Crippen LogP contribution in [-0.2, 0) is 6.42 Å². The van der Waals surface area contributed by atoms with Gasteiger partial charge < -0.3 is 5.32 Å². The second-order valence-electron chi connectivity index (χ2n) is 4.76. The summed E-state index contributed by atoms with van der Waals surface area (Å²) in [5.74, 6) is -0.398. The number of fused-ring (bicyclic) bond motifs is 1. The van der Waals surface area contributed by atoms with E-state index in [9.17, 15) is 4.39 Å². The Balaban J connectivity index is 1.97. The Morgan fingerprint density at radius 2 is 2.24 bits per heavy atom. The number of likely N-dealkylation sites (N-methyl/N-ethyl adjacent to an activating group) is 1. The van der Waals surface area contributed by atoms with E-state index in [1.807, 2.05) is 13.1 Å². The number of hydrogen-bond acceptors (Lipinski definition) is 3. The minimum atomic E-state index is -0.398. The molecule has 1 N–H and O–H groups in total. The topological polar surface area (TPSA) is 42.2 Å². The van der Waals surface area contributed by atoms with Gasteiger partial charge in [-0.1, -0.05) is 23.7 Å². The quantitative estimate of drug-likeness (QED) is 0.805. The minimum Gasteiger partial charge on any atom is -0.313 e. The summed E-state index contributed by atoms with van der Waals surface area (Å²) >= 11 is 6.04. The molecule has 0 amide bonds. The Morgan fingerprint density at radius 3 is 3.05 bits per heavy atom. The van der Waals surface area contributed by atoms with E-state index in [0.29, 0.717) is 6.42 Å². The predicted octanol–water partition coefficient (Wildman–Crippen LogP) is 3.03. The Kier molecular flexibility index (Phi) is 3.86. The normalized spacial score (nSPS) is 12.7. The van der Waals surface area contributed by atoms with E-state index in [4.69, 9.17) is 11.6 Å². The lowest BCUT2D eigenvalue weighted by atomic mass is 10.00. The standard InChI is InChI=1S/C15H14ClFN4/c1-18-13(7-10-3-2-4-12(17)15(10)16)11-8-20-21-6-5-19-9-14(11)21/h2-6,8-9,13,18H,7H2,1H3. The van der Waals surface area contributed by atoms with Crippen LogP contribution in [0.1, 0.15) is 17.2 Å². The molecule has 6 heteroatoms. The van der Waals surface area contributed by atoms with Crippen molar-refractivity contribution < 1.29 is 4.39 Å². The monoisotopic (exact) mass is 304 g/mol. The van der Waals surface area contributed by atoms with Crippen LogP contribution in [0.5, 0.6) is 0 Å². The van der Waals surface area contributed by atoms with E-state index in [-0.39, 0.29) is 11.1 Å². The molecule has 1 atom stereocenters. The van der Waals surface area contributed by atoms with Crippen molar-refractivity contribution in [2.75, 3.05) is 7.05 Å². The van der Waals surface area contributed by atoms with Gasteiger partial charge in [0.05, 0.1) is 22.9 Å². The summed E-state index contributed by atoms with van der Waals surface area (Å²) in [6, 6.07) is 4.84. The third kappa shape index (κ3) is 2.62. The zero-order valence-corrected chi connectivity index (χ0v) is 12.2. The molecule has 0 aliphatic heterocycles. The molecule has 0 spiro atoms. The highest BCUT2D eigenvalue weighted by Crippen LogP contribution is 2.27. The van der Waals surface area contributed by atoms with E-state index in [0.717, 1.165) is 16.6 Å². The summed E-state index contributed by atoms with van der Waals surface area (Å²) in [5.41, 5.74) is 2.69. The first-order valence-electron chi connectivity index (χ1n) is 6.58. The van der Waals surface area contributed by atoms with E-state index >= 15 is 0 Å². The predicted molar refractivity (Wildman–Crippen MR) is 79.9 cm³/mol. The molecule has 1 aromatic carbocycles. The summed E-state index contributed by atoms with van der Waals surface area (Å²) in [4.78, 5) is 4.13. The van der Waals surface area contributed by atoms with Crippen LogP contribution in [0.2, 0.25) is 5.02 Å². The Labute approximate surface area is 126 Å². The number of nitrogens with one attached hydrogen (secondary N) is 1. The Hall–Kier alpha value is -1.98. The number of halogens is 2. The van der Waals surface area contributed by atoms with Crippen molar-refractivity contribution in [1.29, 1.82) is 0 Å². The third-order valence-corrected chi connectivity index (χ3v) is 3.96. The molecule has 21 heavy (non-hydrogen) atoms. The largest absolute Gasteiger partial charge is 0.313 e. The SMILES string of the molecule is CNC(Cc1cccc(F)c1Cl)c1cnn2ccncc12. The molecule has 0 saturated heterocycles. The van der Waals surface area contributed by atoms with E-state index < -0.39 is 5.82 Å².